The first kappa shape index (κ1) is 21.6. The number of fused-ring (bicyclic) bond motifs is 1. The van der Waals surface area contributed by atoms with Crippen LogP contribution in [0.3, 0.4) is 0 Å². The summed E-state index contributed by atoms with van der Waals surface area (Å²) in [6.45, 7) is 8.01. The maximum atomic E-state index is 13.1. The summed E-state index contributed by atoms with van der Waals surface area (Å²) >= 11 is 2.64. The van der Waals surface area contributed by atoms with Crippen molar-refractivity contribution in [2.45, 2.75) is 37.9 Å². The molecule has 0 aliphatic carbocycles. The zero-order chi connectivity index (χ0) is 21.8. The largest absolute Gasteiger partial charge is 0.348 e. The SMILES string of the molecule is C=CCn1c(SCC(=O)Nc2ccc(C)cc2)nc2nc(N3CCCCC3)sc2c1=O. The second kappa shape index (κ2) is 9.65. The second-order valence-corrected chi connectivity index (χ2v) is 9.42. The van der Waals surface area contributed by atoms with Crippen LogP contribution < -0.4 is 15.8 Å². The summed E-state index contributed by atoms with van der Waals surface area (Å²) in [5.41, 5.74) is 2.20. The summed E-state index contributed by atoms with van der Waals surface area (Å²) in [6.07, 6.45) is 5.18. The average Bonchev–Trinajstić information content (AvgIpc) is 3.21. The lowest BCUT2D eigenvalue weighted by Crippen LogP contribution is -2.29. The van der Waals surface area contributed by atoms with Crippen LogP contribution in [0.25, 0.3) is 10.3 Å². The number of nitrogens with zero attached hydrogens (tertiary/aromatic N) is 4. The number of amides is 1. The van der Waals surface area contributed by atoms with Crippen molar-refractivity contribution >= 4 is 50.2 Å². The number of thiazole rings is 1. The molecule has 4 rings (SSSR count). The Labute approximate surface area is 189 Å². The molecule has 9 heteroatoms. The average molecular weight is 456 g/mol. The highest BCUT2D eigenvalue weighted by Gasteiger charge is 2.20. The van der Waals surface area contributed by atoms with E-state index in [9.17, 15) is 9.59 Å². The third kappa shape index (κ3) is 4.99. The van der Waals surface area contributed by atoms with E-state index in [0.717, 1.165) is 42.3 Å². The van der Waals surface area contributed by atoms with Crippen LogP contribution in [0.4, 0.5) is 10.8 Å². The van der Waals surface area contributed by atoms with Crippen LogP contribution in [0, 0.1) is 6.92 Å². The van der Waals surface area contributed by atoms with E-state index in [4.69, 9.17) is 0 Å². The molecule has 0 saturated carbocycles. The van der Waals surface area contributed by atoms with Crippen LogP contribution in [0.1, 0.15) is 24.8 Å². The van der Waals surface area contributed by atoms with Gasteiger partial charge in [-0.1, -0.05) is 46.9 Å². The number of hydrogen-bond acceptors (Lipinski definition) is 7. The van der Waals surface area contributed by atoms with Crippen molar-refractivity contribution in [2.75, 3.05) is 29.1 Å². The molecule has 0 bridgehead atoms. The number of carbonyl (C=O) groups is 1. The van der Waals surface area contributed by atoms with Gasteiger partial charge in [0, 0.05) is 25.3 Å². The minimum absolute atomic E-state index is 0.132. The van der Waals surface area contributed by atoms with Crippen LogP contribution in [0.15, 0.2) is 46.9 Å². The number of aromatic nitrogens is 3. The molecule has 1 aliphatic heterocycles. The number of thioether (sulfide) groups is 1. The number of benzene rings is 1. The fourth-order valence-corrected chi connectivity index (χ4v) is 5.26. The van der Waals surface area contributed by atoms with E-state index < -0.39 is 0 Å². The van der Waals surface area contributed by atoms with Crippen molar-refractivity contribution in [3.8, 4) is 0 Å². The number of allylic oxidation sites excluding steroid dienone is 1. The molecule has 0 atom stereocenters. The van der Waals surface area contributed by atoms with E-state index in [2.05, 4.69) is 26.8 Å². The quantitative estimate of drug-likeness (QED) is 0.329. The smallest absolute Gasteiger partial charge is 0.274 e. The Kier molecular flexibility index (Phi) is 6.72. The van der Waals surface area contributed by atoms with E-state index in [1.807, 2.05) is 31.2 Å². The molecule has 1 aromatic carbocycles. The van der Waals surface area contributed by atoms with Crippen molar-refractivity contribution in [2.24, 2.45) is 0 Å². The van der Waals surface area contributed by atoms with E-state index in [0.29, 0.717) is 22.0 Å². The van der Waals surface area contributed by atoms with E-state index >= 15 is 0 Å². The Morgan fingerprint density at radius 1 is 1.23 bits per heavy atom. The molecule has 1 N–H and O–H groups in total. The molecule has 1 saturated heterocycles. The third-order valence-electron chi connectivity index (χ3n) is 5.08. The van der Waals surface area contributed by atoms with Crippen molar-refractivity contribution in [3.05, 3.63) is 52.8 Å². The topological polar surface area (TPSA) is 80.1 Å². The molecule has 2 aromatic heterocycles. The van der Waals surface area contributed by atoms with Gasteiger partial charge < -0.3 is 10.2 Å². The lowest BCUT2D eigenvalue weighted by atomic mass is 10.1. The number of piperidine rings is 1. The van der Waals surface area contributed by atoms with Gasteiger partial charge in [0.05, 0.1) is 5.75 Å². The summed E-state index contributed by atoms with van der Waals surface area (Å²) in [5, 5.41) is 4.20. The van der Waals surface area contributed by atoms with Crippen LogP contribution in [-0.4, -0.2) is 39.3 Å². The molecule has 1 amide bonds. The minimum atomic E-state index is -0.152. The molecule has 162 valence electrons. The van der Waals surface area contributed by atoms with Gasteiger partial charge in [-0.3, -0.25) is 14.2 Å². The van der Waals surface area contributed by atoms with Gasteiger partial charge in [-0.05, 0) is 38.3 Å². The number of aryl methyl sites for hydroxylation is 1. The molecular weight excluding hydrogens is 430 g/mol. The van der Waals surface area contributed by atoms with Gasteiger partial charge >= 0.3 is 0 Å². The van der Waals surface area contributed by atoms with E-state index in [1.54, 1.807) is 10.6 Å². The number of carbonyl (C=O) groups excluding carboxylic acids is 1. The molecule has 0 radical (unpaired) electrons. The van der Waals surface area contributed by atoms with Gasteiger partial charge in [0.1, 0.15) is 4.70 Å². The first-order valence-electron chi connectivity index (χ1n) is 10.3. The van der Waals surface area contributed by atoms with Crippen molar-refractivity contribution < 1.29 is 4.79 Å². The van der Waals surface area contributed by atoms with Gasteiger partial charge in [-0.2, -0.15) is 4.98 Å². The summed E-state index contributed by atoms with van der Waals surface area (Å²) in [7, 11) is 0. The molecule has 7 nitrogen and oxygen atoms in total. The van der Waals surface area contributed by atoms with Crippen molar-refractivity contribution in [3.63, 3.8) is 0 Å². The first-order chi connectivity index (χ1) is 15.0. The summed E-state index contributed by atoms with van der Waals surface area (Å²) in [5.74, 6) is -0.00726. The van der Waals surface area contributed by atoms with Gasteiger partial charge in [-0.15, -0.1) is 6.58 Å². The predicted octanol–water partition coefficient (Wildman–Crippen LogP) is 4.07. The van der Waals surface area contributed by atoms with Gasteiger partial charge in [0.25, 0.3) is 5.56 Å². The fourth-order valence-electron chi connectivity index (χ4n) is 3.46. The Bertz CT molecular complexity index is 1150. The Morgan fingerprint density at radius 2 is 1.97 bits per heavy atom. The molecule has 0 unspecified atom stereocenters. The number of nitrogens with one attached hydrogen (secondary N) is 1. The Balaban J connectivity index is 1.55. The fraction of sp³-hybridized carbons (Fsp3) is 0.364. The third-order valence-corrected chi connectivity index (χ3v) is 7.15. The molecule has 3 heterocycles. The zero-order valence-corrected chi connectivity index (χ0v) is 19.1. The maximum Gasteiger partial charge on any atom is 0.274 e. The normalized spacial score (nSPS) is 14.0. The van der Waals surface area contributed by atoms with E-state index in [1.165, 1.54) is 29.5 Å². The van der Waals surface area contributed by atoms with Crippen molar-refractivity contribution in [1.29, 1.82) is 0 Å². The molecule has 31 heavy (non-hydrogen) atoms. The number of rotatable bonds is 7. The summed E-state index contributed by atoms with van der Waals surface area (Å²) in [4.78, 5) is 37.0. The highest BCUT2D eigenvalue weighted by Crippen LogP contribution is 2.29. The van der Waals surface area contributed by atoms with Crippen LogP contribution >= 0.6 is 23.1 Å². The van der Waals surface area contributed by atoms with E-state index in [-0.39, 0.29) is 17.2 Å². The Morgan fingerprint density at radius 3 is 2.68 bits per heavy atom. The number of anilines is 2. The zero-order valence-electron chi connectivity index (χ0n) is 17.5. The van der Waals surface area contributed by atoms with Crippen LogP contribution in [0.2, 0.25) is 0 Å². The van der Waals surface area contributed by atoms with Gasteiger partial charge in [-0.25, -0.2) is 4.98 Å². The molecular formula is C22H25N5O2S2. The minimum Gasteiger partial charge on any atom is -0.348 e. The molecule has 3 aromatic rings. The Hall–Kier alpha value is -2.65. The first-order valence-corrected chi connectivity index (χ1v) is 12.1. The molecule has 0 spiro atoms. The second-order valence-electron chi connectivity index (χ2n) is 7.50. The van der Waals surface area contributed by atoms with Gasteiger partial charge in [0.2, 0.25) is 5.91 Å². The van der Waals surface area contributed by atoms with Crippen LogP contribution in [0.5, 0.6) is 0 Å². The lowest BCUT2D eigenvalue weighted by molar-refractivity contribution is -0.113. The monoisotopic (exact) mass is 455 g/mol. The van der Waals surface area contributed by atoms with Crippen LogP contribution in [-0.2, 0) is 11.3 Å². The van der Waals surface area contributed by atoms with Gasteiger partial charge in [0.15, 0.2) is 15.9 Å². The lowest BCUT2D eigenvalue weighted by Gasteiger charge is -2.25. The molecule has 1 aliphatic rings. The standard InChI is InChI=1S/C22H25N5O2S2/c1-3-11-27-20(29)18-19(24-21(31-18)26-12-5-4-6-13-26)25-22(27)30-14-17(28)23-16-9-7-15(2)8-10-16/h3,7-10H,1,4-6,11-14H2,2H3,(H,23,28). The summed E-state index contributed by atoms with van der Waals surface area (Å²) < 4.78 is 2.12. The maximum absolute atomic E-state index is 13.1. The highest BCUT2D eigenvalue weighted by atomic mass is 32.2. The highest BCUT2D eigenvalue weighted by molar-refractivity contribution is 7.99. The molecule has 1 fully saturated rings. The van der Waals surface area contributed by atoms with Crippen molar-refractivity contribution in [1.82, 2.24) is 14.5 Å². The summed E-state index contributed by atoms with van der Waals surface area (Å²) in [6, 6.07) is 7.63. The number of hydrogen-bond donors (Lipinski definition) is 1. The predicted molar refractivity (Wildman–Crippen MR) is 128 cm³/mol.